The molecular weight excluding hydrogens is 276 g/mol. The molecule has 0 spiro atoms. The number of carbonyl (C=O) groups excluding carboxylic acids is 1. The predicted octanol–water partition coefficient (Wildman–Crippen LogP) is 1.38. The number of ether oxygens (including phenoxy) is 1. The molecule has 2 rings (SSSR count). The number of carboxylic acids is 1. The highest BCUT2D eigenvalue weighted by Gasteiger charge is 2.23. The normalized spacial score (nSPS) is 18.2. The molecule has 1 aromatic carbocycles. The van der Waals surface area contributed by atoms with Gasteiger partial charge in [-0.1, -0.05) is 0 Å². The van der Waals surface area contributed by atoms with E-state index in [1.807, 2.05) is 0 Å². The number of carboxylic acid groups (broad SMARTS) is 1. The topological polar surface area (TPSA) is 99.1 Å². The number of methoxy groups -OCH3 is 1. The molecule has 7 nitrogen and oxygen atoms in total. The molecule has 1 saturated heterocycles. The van der Waals surface area contributed by atoms with E-state index >= 15 is 0 Å². The molecule has 1 aliphatic rings. The second kappa shape index (κ2) is 6.45. The molecule has 0 aliphatic carbocycles. The molecular formula is C14H18N2O5. The molecule has 1 aliphatic heterocycles. The SMILES string of the molecule is COc1ccc(C(=O)O)c(NC(=O)N2CCCC(O)C2)c1. The van der Waals surface area contributed by atoms with Gasteiger partial charge in [-0.3, -0.25) is 0 Å². The smallest absolute Gasteiger partial charge is 0.337 e. The van der Waals surface area contributed by atoms with E-state index in [9.17, 15) is 14.7 Å². The maximum Gasteiger partial charge on any atom is 0.337 e. The van der Waals surface area contributed by atoms with Gasteiger partial charge in [-0.25, -0.2) is 9.59 Å². The number of amides is 2. The molecule has 1 fully saturated rings. The number of aliphatic hydroxyl groups is 1. The third kappa shape index (κ3) is 3.63. The van der Waals surface area contributed by atoms with Crippen molar-refractivity contribution in [1.29, 1.82) is 0 Å². The van der Waals surface area contributed by atoms with Crippen LogP contribution in [0.2, 0.25) is 0 Å². The van der Waals surface area contributed by atoms with Crippen LogP contribution in [0.15, 0.2) is 18.2 Å². The van der Waals surface area contributed by atoms with Crippen LogP contribution in [-0.2, 0) is 0 Å². The summed E-state index contributed by atoms with van der Waals surface area (Å²) >= 11 is 0. The average molecular weight is 294 g/mol. The maximum absolute atomic E-state index is 12.2. The van der Waals surface area contributed by atoms with Gasteiger partial charge in [-0.05, 0) is 25.0 Å². The number of likely N-dealkylation sites (tertiary alicyclic amines) is 1. The molecule has 2 amide bonds. The van der Waals surface area contributed by atoms with Crippen LogP contribution in [0.4, 0.5) is 10.5 Å². The van der Waals surface area contributed by atoms with Crippen LogP contribution in [0, 0.1) is 0 Å². The van der Waals surface area contributed by atoms with Crippen molar-refractivity contribution in [3.63, 3.8) is 0 Å². The van der Waals surface area contributed by atoms with Gasteiger partial charge in [0.1, 0.15) is 5.75 Å². The van der Waals surface area contributed by atoms with Crippen molar-refractivity contribution in [3.8, 4) is 5.75 Å². The van der Waals surface area contributed by atoms with Crippen LogP contribution < -0.4 is 10.1 Å². The molecule has 1 unspecified atom stereocenters. The first-order valence-electron chi connectivity index (χ1n) is 6.66. The maximum atomic E-state index is 12.2. The largest absolute Gasteiger partial charge is 0.497 e. The Balaban J connectivity index is 2.17. The first-order valence-corrected chi connectivity index (χ1v) is 6.66. The Bertz CT molecular complexity index is 546. The summed E-state index contributed by atoms with van der Waals surface area (Å²) in [5, 5.41) is 21.3. The number of piperidine rings is 1. The zero-order valence-electron chi connectivity index (χ0n) is 11.7. The minimum absolute atomic E-state index is 0.0123. The van der Waals surface area contributed by atoms with E-state index in [1.54, 1.807) is 0 Å². The number of β-amino-alcohol motifs (C(OH)–C–C–N with tert-alkyl or cyclic N) is 1. The van der Waals surface area contributed by atoms with Gasteiger partial charge in [0.25, 0.3) is 0 Å². The van der Waals surface area contributed by atoms with Crippen LogP contribution in [0.1, 0.15) is 23.2 Å². The first-order chi connectivity index (χ1) is 10.0. The van der Waals surface area contributed by atoms with E-state index in [4.69, 9.17) is 9.84 Å². The zero-order chi connectivity index (χ0) is 15.4. The number of rotatable bonds is 3. The van der Waals surface area contributed by atoms with Crippen LogP contribution in [0.3, 0.4) is 0 Å². The second-order valence-electron chi connectivity index (χ2n) is 4.89. The Labute approximate surface area is 122 Å². The fourth-order valence-electron chi connectivity index (χ4n) is 2.27. The van der Waals surface area contributed by atoms with Gasteiger partial charge in [0.15, 0.2) is 0 Å². The summed E-state index contributed by atoms with van der Waals surface area (Å²) in [5.41, 5.74) is 0.161. The number of carbonyl (C=O) groups is 2. The molecule has 7 heteroatoms. The molecule has 21 heavy (non-hydrogen) atoms. The molecule has 0 aromatic heterocycles. The number of hydrogen-bond acceptors (Lipinski definition) is 4. The number of anilines is 1. The number of aromatic carboxylic acids is 1. The summed E-state index contributed by atoms with van der Waals surface area (Å²) in [7, 11) is 1.46. The van der Waals surface area contributed by atoms with Crippen molar-refractivity contribution < 1.29 is 24.5 Å². The van der Waals surface area contributed by atoms with Crippen molar-refractivity contribution in [2.75, 3.05) is 25.5 Å². The monoisotopic (exact) mass is 294 g/mol. The number of aliphatic hydroxyl groups excluding tert-OH is 1. The van der Waals surface area contributed by atoms with Crippen molar-refractivity contribution in [2.45, 2.75) is 18.9 Å². The highest BCUT2D eigenvalue weighted by atomic mass is 16.5. The van der Waals surface area contributed by atoms with E-state index in [-0.39, 0.29) is 17.8 Å². The van der Waals surface area contributed by atoms with Gasteiger partial charge in [0.05, 0.1) is 24.5 Å². The lowest BCUT2D eigenvalue weighted by Gasteiger charge is -2.30. The lowest BCUT2D eigenvalue weighted by molar-refractivity contribution is 0.0697. The van der Waals surface area contributed by atoms with E-state index in [1.165, 1.54) is 30.2 Å². The minimum atomic E-state index is -1.13. The molecule has 0 saturated carbocycles. The zero-order valence-corrected chi connectivity index (χ0v) is 11.7. The molecule has 3 N–H and O–H groups in total. The molecule has 0 radical (unpaired) electrons. The summed E-state index contributed by atoms with van der Waals surface area (Å²) < 4.78 is 5.04. The third-order valence-corrected chi connectivity index (χ3v) is 3.38. The lowest BCUT2D eigenvalue weighted by Crippen LogP contribution is -2.44. The van der Waals surface area contributed by atoms with Crippen LogP contribution in [0.5, 0.6) is 5.75 Å². The molecule has 1 atom stereocenters. The number of urea groups is 1. The Morgan fingerprint density at radius 2 is 2.19 bits per heavy atom. The van der Waals surface area contributed by atoms with Crippen LogP contribution >= 0.6 is 0 Å². The van der Waals surface area contributed by atoms with Crippen LogP contribution in [-0.4, -0.2) is 53.4 Å². The minimum Gasteiger partial charge on any atom is -0.497 e. The highest BCUT2D eigenvalue weighted by Crippen LogP contribution is 2.23. The third-order valence-electron chi connectivity index (χ3n) is 3.38. The standard InChI is InChI=1S/C14H18N2O5/c1-21-10-4-5-11(13(18)19)12(7-10)15-14(20)16-6-2-3-9(17)8-16/h4-5,7,9,17H,2-3,6,8H2,1H3,(H,15,20)(H,18,19). The van der Waals surface area contributed by atoms with Crippen molar-refractivity contribution >= 4 is 17.7 Å². The Kier molecular flexibility index (Phi) is 4.64. The van der Waals surface area contributed by atoms with Gasteiger partial charge in [0, 0.05) is 19.2 Å². The van der Waals surface area contributed by atoms with E-state index in [0.29, 0.717) is 18.7 Å². The Hall–Kier alpha value is -2.28. The van der Waals surface area contributed by atoms with E-state index < -0.39 is 18.1 Å². The van der Waals surface area contributed by atoms with Gasteiger partial charge in [-0.2, -0.15) is 0 Å². The van der Waals surface area contributed by atoms with Gasteiger partial charge in [-0.15, -0.1) is 0 Å². The van der Waals surface area contributed by atoms with E-state index in [0.717, 1.165) is 6.42 Å². The van der Waals surface area contributed by atoms with Gasteiger partial charge >= 0.3 is 12.0 Å². The Morgan fingerprint density at radius 1 is 1.43 bits per heavy atom. The summed E-state index contributed by atoms with van der Waals surface area (Å²) in [6.45, 7) is 0.785. The molecule has 114 valence electrons. The quantitative estimate of drug-likeness (QED) is 0.782. The lowest BCUT2D eigenvalue weighted by atomic mass is 10.1. The molecule has 1 aromatic rings. The highest BCUT2D eigenvalue weighted by molar-refractivity contribution is 6.00. The number of hydrogen-bond donors (Lipinski definition) is 3. The summed E-state index contributed by atoms with van der Waals surface area (Å²) in [6, 6.07) is 3.93. The summed E-state index contributed by atoms with van der Waals surface area (Å²) in [4.78, 5) is 24.8. The van der Waals surface area contributed by atoms with Gasteiger partial charge in [0.2, 0.25) is 0 Å². The fourth-order valence-corrected chi connectivity index (χ4v) is 2.27. The first kappa shape index (κ1) is 15.1. The van der Waals surface area contributed by atoms with Crippen molar-refractivity contribution in [3.05, 3.63) is 23.8 Å². The second-order valence-corrected chi connectivity index (χ2v) is 4.89. The average Bonchev–Trinajstić information content (AvgIpc) is 2.46. The Morgan fingerprint density at radius 3 is 2.81 bits per heavy atom. The predicted molar refractivity (Wildman–Crippen MR) is 75.8 cm³/mol. The van der Waals surface area contributed by atoms with Crippen LogP contribution in [0.25, 0.3) is 0 Å². The number of nitrogens with zero attached hydrogens (tertiary/aromatic N) is 1. The van der Waals surface area contributed by atoms with E-state index in [2.05, 4.69) is 5.32 Å². The number of nitrogens with one attached hydrogen (secondary N) is 1. The summed E-state index contributed by atoms with van der Waals surface area (Å²) in [5.74, 6) is -0.680. The molecule has 0 bridgehead atoms. The van der Waals surface area contributed by atoms with Crippen molar-refractivity contribution in [1.82, 2.24) is 4.90 Å². The summed E-state index contributed by atoms with van der Waals surface area (Å²) in [6.07, 6.45) is 0.857. The van der Waals surface area contributed by atoms with Gasteiger partial charge < -0.3 is 25.2 Å². The van der Waals surface area contributed by atoms with Crippen molar-refractivity contribution in [2.24, 2.45) is 0 Å². The molecule has 1 heterocycles. The fraction of sp³-hybridized carbons (Fsp3) is 0.429. The number of benzene rings is 1.